The topological polar surface area (TPSA) is 53.4 Å². The van der Waals surface area contributed by atoms with Gasteiger partial charge in [-0.15, -0.1) is 0 Å². The highest BCUT2D eigenvalue weighted by molar-refractivity contribution is 5.89. The molecular weight excluding hydrogens is 374 g/mol. The molecule has 2 amide bonds. The van der Waals surface area contributed by atoms with Gasteiger partial charge in [-0.2, -0.15) is 0 Å². The molecule has 156 valence electrons. The van der Waals surface area contributed by atoms with Crippen molar-refractivity contribution in [2.75, 3.05) is 25.0 Å². The maximum Gasteiger partial charge on any atom is 0.321 e. The predicted molar refractivity (Wildman–Crippen MR) is 119 cm³/mol. The van der Waals surface area contributed by atoms with Crippen molar-refractivity contribution < 1.29 is 4.79 Å². The fourth-order valence-corrected chi connectivity index (χ4v) is 3.95. The van der Waals surface area contributed by atoms with Gasteiger partial charge in [0.2, 0.25) is 0 Å². The lowest BCUT2D eigenvalue weighted by Gasteiger charge is -2.47. The maximum atomic E-state index is 12.8. The van der Waals surface area contributed by atoms with Crippen LogP contribution in [0.3, 0.4) is 0 Å². The van der Waals surface area contributed by atoms with Crippen LogP contribution in [0.15, 0.2) is 73.3 Å². The fraction of sp³-hybridized carbons (Fsp3) is 0.333. The van der Waals surface area contributed by atoms with E-state index >= 15 is 0 Å². The van der Waals surface area contributed by atoms with Crippen LogP contribution < -0.4 is 5.32 Å². The van der Waals surface area contributed by atoms with E-state index in [-0.39, 0.29) is 11.6 Å². The number of carbonyl (C=O) groups is 1. The lowest BCUT2D eigenvalue weighted by molar-refractivity contribution is 0.0325. The zero-order valence-electron chi connectivity index (χ0n) is 17.7. The number of aromatic nitrogens is 2. The largest absolute Gasteiger partial charge is 0.333 e. The van der Waals surface area contributed by atoms with Crippen molar-refractivity contribution in [1.82, 2.24) is 19.4 Å². The highest BCUT2D eigenvalue weighted by atomic mass is 16.2. The Hall–Kier alpha value is -3.12. The molecule has 0 unspecified atom stereocenters. The van der Waals surface area contributed by atoms with E-state index in [1.165, 1.54) is 11.1 Å². The molecule has 30 heavy (non-hydrogen) atoms. The van der Waals surface area contributed by atoms with Gasteiger partial charge >= 0.3 is 6.03 Å². The molecule has 1 saturated heterocycles. The minimum atomic E-state index is -0.0832. The second-order valence-electron chi connectivity index (χ2n) is 8.50. The van der Waals surface area contributed by atoms with E-state index in [9.17, 15) is 4.79 Å². The third-order valence-corrected chi connectivity index (χ3v) is 5.71. The summed E-state index contributed by atoms with van der Waals surface area (Å²) >= 11 is 0. The van der Waals surface area contributed by atoms with Gasteiger partial charge in [0.25, 0.3) is 0 Å². The molecule has 1 aliphatic rings. The minimum Gasteiger partial charge on any atom is -0.333 e. The summed E-state index contributed by atoms with van der Waals surface area (Å²) in [5, 5.41) is 3.05. The normalized spacial score (nSPS) is 16.4. The second-order valence-corrected chi connectivity index (χ2v) is 8.50. The summed E-state index contributed by atoms with van der Waals surface area (Å²) in [6, 6.07) is 18.5. The van der Waals surface area contributed by atoms with Gasteiger partial charge in [-0.25, -0.2) is 9.78 Å². The first-order valence-corrected chi connectivity index (χ1v) is 10.4. The Bertz CT molecular complexity index is 951. The van der Waals surface area contributed by atoms with Gasteiger partial charge in [0.05, 0.1) is 6.33 Å². The summed E-state index contributed by atoms with van der Waals surface area (Å²) in [5.41, 5.74) is 3.21. The first kappa shape index (κ1) is 20.2. The smallest absolute Gasteiger partial charge is 0.321 e. The SMILES string of the molecule is CC1(C)CN(C(=O)Nc2ccc(Cn3ccnc3)cc2)CCN1Cc1ccccc1. The van der Waals surface area contributed by atoms with Gasteiger partial charge < -0.3 is 14.8 Å². The van der Waals surface area contributed by atoms with Crippen molar-refractivity contribution >= 4 is 11.7 Å². The van der Waals surface area contributed by atoms with Gasteiger partial charge in [-0.05, 0) is 37.1 Å². The first-order chi connectivity index (χ1) is 14.5. The molecule has 0 bridgehead atoms. The standard InChI is InChI=1S/C24H29N5O/c1-24(2)18-28(14-15-29(24)17-20-6-4-3-5-7-20)23(30)26-22-10-8-21(9-11-22)16-27-13-12-25-19-27/h3-13,19H,14-18H2,1-2H3,(H,26,30). The molecule has 1 N–H and O–H groups in total. The van der Waals surface area contributed by atoms with E-state index in [4.69, 9.17) is 0 Å². The fourth-order valence-electron chi connectivity index (χ4n) is 3.95. The summed E-state index contributed by atoms with van der Waals surface area (Å²) < 4.78 is 2.02. The summed E-state index contributed by atoms with van der Waals surface area (Å²) in [5.74, 6) is 0. The van der Waals surface area contributed by atoms with Crippen LogP contribution in [0.2, 0.25) is 0 Å². The Morgan fingerprint density at radius 2 is 1.73 bits per heavy atom. The van der Waals surface area contributed by atoms with Gasteiger partial charge in [-0.1, -0.05) is 42.5 Å². The number of urea groups is 1. The van der Waals surface area contributed by atoms with Crippen LogP contribution in [0.1, 0.15) is 25.0 Å². The van der Waals surface area contributed by atoms with E-state index < -0.39 is 0 Å². The average Bonchev–Trinajstić information content (AvgIpc) is 3.24. The van der Waals surface area contributed by atoms with Gasteiger partial charge in [0.15, 0.2) is 0 Å². The van der Waals surface area contributed by atoms with Crippen molar-refractivity contribution in [2.45, 2.75) is 32.5 Å². The Labute approximate surface area is 178 Å². The van der Waals surface area contributed by atoms with Crippen molar-refractivity contribution in [3.8, 4) is 0 Å². The number of hydrogen-bond donors (Lipinski definition) is 1. The quantitative estimate of drug-likeness (QED) is 0.699. The van der Waals surface area contributed by atoms with Gasteiger partial charge in [-0.3, -0.25) is 4.90 Å². The molecule has 1 aliphatic heterocycles. The van der Waals surface area contributed by atoms with Crippen LogP contribution in [0, 0.1) is 0 Å². The molecule has 0 saturated carbocycles. The van der Waals surface area contributed by atoms with Crippen LogP contribution in [0.4, 0.5) is 10.5 Å². The van der Waals surface area contributed by atoms with Crippen LogP contribution >= 0.6 is 0 Å². The Morgan fingerprint density at radius 3 is 2.40 bits per heavy atom. The van der Waals surface area contributed by atoms with E-state index in [2.05, 4.69) is 53.3 Å². The third kappa shape index (κ3) is 4.89. The summed E-state index contributed by atoms with van der Waals surface area (Å²) in [6.45, 7) is 8.37. The molecule has 3 aromatic rings. The monoisotopic (exact) mass is 403 g/mol. The molecule has 0 aliphatic carbocycles. The van der Waals surface area contributed by atoms with Crippen molar-refractivity contribution in [2.24, 2.45) is 0 Å². The predicted octanol–water partition coefficient (Wildman–Crippen LogP) is 4.06. The van der Waals surface area contributed by atoms with E-state index in [0.717, 1.165) is 31.9 Å². The van der Waals surface area contributed by atoms with Crippen molar-refractivity contribution in [3.63, 3.8) is 0 Å². The van der Waals surface area contributed by atoms with Crippen LogP contribution in [0.25, 0.3) is 0 Å². The number of rotatable bonds is 5. The number of amides is 2. The molecule has 1 aromatic heterocycles. The Balaban J connectivity index is 1.33. The molecule has 2 heterocycles. The molecule has 0 radical (unpaired) electrons. The minimum absolute atomic E-state index is 0.0372. The summed E-state index contributed by atoms with van der Waals surface area (Å²) in [4.78, 5) is 21.3. The van der Waals surface area contributed by atoms with Gasteiger partial charge in [0, 0.05) is 56.3 Å². The zero-order valence-corrected chi connectivity index (χ0v) is 17.7. The van der Waals surface area contributed by atoms with Crippen LogP contribution in [-0.2, 0) is 13.1 Å². The molecule has 0 spiro atoms. The molecule has 1 fully saturated rings. The Morgan fingerprint density at radius 1 is 1.00 bits per heavy atom. The first-order valence-electron chi connectivity index (χ1n) is 10.4. The third-order valence-electron chi connectivity index (χ3n) is 5.71. The lowest BCUT2D eigenvalue weighted by Crippen LogP contribution is -2.60. The summed E-state index contributed by atoms with van der Waals surface area (Å²) in [6.07, 6.45) is 5.51. The highest BCUT2D eigenvalue weighted by Gasteiger charge is 2.35. The zero-order chi connectivity index (χ0) is 21.0. The number of carbonyl (C=O) groups excluding carboxylic acids is 1. The maximum absolute atomic E-state index is 12.8. The molecular formula is C24H29N5O. The molecule has 4 rings (SSSR count). The van der Waals surface area contributed by atoms with E-state index in [1.54, 1.807) is 12.5 Å². The molecule has 2 aromatic carbocycles. The lowest BCUT2D eigenvalue weighted by atomic mass is 9.98. The number of hydrogen-bond acceptors (Lipinski definition) is 3. The number of anilines is 1. The van der Waals surface area contributed by atoms with Gasteiger partial charge in [0.1, 0.15) is 0 Å². The van der Waals surface area contributed by atoms with Crippen molar-refractivity contribution in [3.05, 3.63) is 84.4 Å². The average molecular weight is 404 g/mol. The number of nitrogens with one attached hydrogen (secondary N) is 1. The number of imidazole rings is 1. The molecule has 6 nitrogen and oxygen atoms in total. The molecule has 0 atom stereocenters. The van der Waals surface area contributed by atoms with E-state index in [0.29, 0.717) is 6.54 Å². The van der Waals surface area contributed by atoms with E-state index in [1.807, 2.05) is 46.0 Å². The van der Waals surface area contributed by atoms with Crippen LogP contribution in [-0.4, -0.2) is 50.6 Å². The van der Waals surface area contributed by atoms with Crippen LogP contribution in [0.5, 0.6) is 0 Å². The highest BCUT2D eigenvalue weighted by Crippen LogP contribution is 2.24. The Kier molecular flexibility index (Phi) is 5.86. The van der Waals surface area contributed by atoms with Crippen molar-refractivity contribution in [1.29, 1.82) is 0 Å². The number of benzene rings is 2. The second kappa shape index (κ2) is 8.71. The summed E-state index contributed by atoms with van der Waals surface area (Å²) in [7, 11) is 0. The number of nitrogens with zero attached hydrogens (tertiary/aromatic N) is 4. The molecule has 6 heteroatoms. The number of piperazine rings is 1.